The minimum atomic E-state index is -0.158. The zero-order valence-electron chi connectivity index (χ0n) is 8.85. The molecule has 0 spiro atoms. The SMILES string of the molecule is Nc1ccc(N2C(=O)CCCCC2=O)cn1. The summed E-state index contributed by atoms with van der Waals surface area (Å²) in [6.07, 6.45) is 3.82. The Labute approximate surface area is 93.3 Å². The molecule has 2 amide bonds. The van der Waals surface area contributed by atoms with Gasteiger partial charge in [-0.05, 0) is 25.0 Å². The molecule has 2 heterocycles. The van der Waals surface area contributed by atoms with E-state index in [2.05, 4.69) is 4.98 Å². The maximum absolute atomic E-state index is 11.8. The van der Waals surface area contributed by atoms with Crippen LogP contribution in [0.15, 0.2) is 18.3 Å². The normalized spacial score (nSPS) is 17.4. The molecular weight excluding hydrogens is 206 g/mol. The van der Waals surface area contributed by atoms with E-state index in [0.717, 1.165) is 12.8 Å². The van der Waals surface area contributed by atoms with Crippen LogP contribution in [0.4, 0.5) is 11.5 Å². The standard InChI is InChI=1S/C11H13N3O2/c12-9-6-5-8(7-13-9)14-10(15)3-1-2-4-11(14)16/h5-7H,1-4H2,(H2,12,13). The van der Waals surface area contributed by atoms with Crippen molar-refractivity contribution in [1.29, 1.82) is 0 Å². The highest BCUT2D eigenvalue weighted by atomic mass is 16.2. The van der Waals surface area contributed by atoms with Crippen LogP contribution < -0.4 is 10.6 Å². The lowest BCUT2D eigenvalue weighted by molar-refractivity contribution is -0.125. The molecule has 16 heavy (non-hydrogen) atoms. The van der Waals surface area contributed by atoms with Crippen LogP contribution in [0.3, 0.4) is 0 Å². The molecule has 0 bridgehead atoms. The molecule has 1 aromatic heterocycles. The Morgan fingerprint density at radius 3 is 2.25 bits per heavy atom. The maximum Gasteiger partial charge on any atom is 0.233 e. The third kappa shape index (κ3) is 2.03. The van der Waals surface area contributed by atoms with Crippen LogP contribution >= 0.6 is 0 Å². The Bertz CT molecular complexity index is 396. The second-order valence-electron chi connectivity index (χ2n) is 3.77. The predicted octanol–water partition coefficient (Wildman–Crippen LogP) is 1.10. The Hall–Kier alpha value is -1.91. The van der Waals surface area contributed by atoms with Crippen molar-refractivity contribution < 1.29 is 9.59 Å². The lowest BCUT2D eigenvalue weighted by atomic mass is 10.2. The van der Waals surface area contributed by atoms with E-state index < -0.39 is 0 Å². The molecule has 1 fully saturated rings. The van der Waals surface area contributed by atoms with Gasteiger partial charge in [0, 0.05) is 12.8 Å². The van der Waals surface area contributed by atoms with Gasteiger partial charge in [-0.15, -0.1) is 0 Å². The molecule has 1 aromatic rings. The van der Waals surface area contributed by atoms with Gasteiger partial charge in [0.2, 0.25) is 11.8 Å². The Balaban J connectivity index is 2.32. The molecule has 84 valence electrons. The minimum Gasteiger partial charge on any atom is -0.384 e. The van der Waals surface area contributed by atoms with E-state index in [-0.39, 0.29) is 11.8 Å². The number of nitrogens with two attached hydrogens (primary N) is 1. The number of carbonyl (C=O) groups is 2. The summed E-state index contributed by atoms with van der Waals surface area (Å²) in [4.78, 5) is 28.6. The van der Waals surface area contributed by atoms with Gasteiger partial charge in [0.1, 0.15) is 5.82 Å². The summed E-state index contributed by atoms with van der Waals surface area (Å²) in [5.41, 5.74) is 5.96. The van der Waals surface area contributed by atoms with Gasteiger partial charge >= 0.3 is 0 Å². The van der Waals surface area contributed by atoms with E-state index in [1.54, 1.807) is 12.1 Å². The number of anilines is 2. The number of nitrogen functional groups attached to an aromatic ring is 1. The number of nitrogens with zero attached hydrogens (tertiary/aromatic N) is 2. The fourth-order valence-electron chi connectivity index (χ4n) is 1.73. The fourth-order valence-corrected chi connectivity index (χ4v) is 1.73. The second-order valence-corrected chi connectivity index (χ2v) is 3.77. The molecule has 2 rings (SSSR count). The van der Waals surface area contributed by atoms with Gasteiger partial charge in [-0.2, -0.15) is 0 Å². The Kier molecular flexibility index (Phi) is 2.85. The first-order chi connectivity index (χ1) is 7.68. The van der Waals surface area contributed by atoms with E-state index in [9.17, 15) is 9.59 Å². The van der Waals surface area contributed by atoms with Crippen molar-refractivity contribution in [2.24, 2.45) is 0 Å². The largest absolute Gasteiger partial charge is 0.384 e. The third-order valence-electron chi connectivity index (χ3n) is 2.56. The summed E-state index contributed by atoms with van der Waals surface area (Å²) >= 11 is 0. The first-order valence-electron chi connectivity index (χ1n) is 5.26. The van der Waals surface area contributed by atoms with Crippen LogP contribution in [-0.2, 0) is 9.59 Å². The van der Waals surface area contributed by atoms with Crippen LogP contribution in [0.2, 0.25) is 0 Å². The summed E-state index contributed by atoms with van der Waals surface area (Å²) in [5, 5.41) is 0. The number of aromatic nitrogens is 1. The molecule has 5 nitrogen and oxygen atoms in total. The molecule has 0 atom stereocenters. The van der Waals surface area contributed by atoms with E-state index in [0.29, 0.717) is 24.3 Å². The molecule has 0 unspecified atom stereocenters. The summed E-state index contributed by atoms with van der Waals surface area (Å²) < 4.78 is 0. The number of rotatable bonds is 1. The van der Waals surface area contributed by atoms with E-state index in [1.807, 2.05) is 0 Å². The van der Waals surface area contributed by atoms with E-state index in [4.69, 9.17) is 5.73 Å². The molecule has 2 N–H and O–H groups in total. The highest BCUT2D eigenvalue weighted by molar-refractivity contribution is 6.15. The number of hydrogen-bond acceptors (Lipinski definition) is 4. The highest BCUT2D eigenvalue weighted by Crippen LogP contribution is 2.21. The predicted molar refractivity (Wildman–Crippen MR) is 59.6 cm³/mol. The summed E-state index contributed by atoms with van der Waals surface area (Å²) in [6.45, 7) is 0. The van der Waals surface area contributed by atoms with Gasteiger partial charge < -0.3 is 5.73 Å². The second kappa shape index (κ2) is 4.30. The number of hydrogen-bond donors (Lipinski definition) is 1. The van der Waals surface area contributed by atoms with Gasteiger partial charge in [0.05, 0.1) is 11.9 Å². The monoisotopic (exact) mass is 219 g/mol. The van der Waals surface area contributed by atoms with E-state index >= 15 is 0 Å². The quantitative estimate of drug-likeness (QED) is 0.717. The zero-order valence-corrected chi connectivity index (χ0v) is 8.85. The molecule has 0 aromatic carbocycles. The van der Waals surface area contributed by atoms with Crippen molar-refractivity contribution in [1.82, 2.24) is 4.98 Å². The number of amides is 2. The van der Waals surface area contributed by atoms with Crippen molar-refractivity contribution in [3.05, 3.63) is 18.3 Å². The first kappa shape index (κ1) is 10.6. The van der Waals surface area contributed by atoms with Gasteiger partial charge in [0.25, 0.3) is 0 Å². The van der Waals surface area contributed by atoms with Gasteiger partial charge in [-0.25, -0.2) is 9.88 Å². The molecule has 1 aliphatic rings. The molecule has 0 radical (unpaired) electrons. The average molecular weight is 219 g/mol. The third-order valence-corrected chi connectivity index (χ3v) is 2.56. The lowest BCUT2D eigenvalue weighted by Gasteiger charge is -2.18. The van der Waals surface area contributed by atoms with Gasteiger partial charge in [-0.3, -0.25) is 9.59 Å². The van der Waals surface area contributed by atoms with Crippen LogP contribution in [0, 0.1) is 0 Å². The molecular formula is C11H13N3O2. The topological polar surface area (TPSA) is 76.3 Å². The summed E-state index contributed by atoms with van der Waals surface area (Å²) in [5.74, 6) is 0.0570. The lowest BCUT2D eigenvalue weighted by Crippen LogP contribution is -2.35. The first-order valence-corrected chi connectivity index (χ1v) is 5.26. The molecule has 0 saturated carbocycles. The van der Waals surface area contributed by atoms with Crippen molar-refractivity contribution in [2.75, 3.05) is 10.6 Å². The zero-order chi connectivity index (χ0) is 11.5. The maximum atomic E-state index is 11.8. The van der Waals surface area contributed by atoms with Crippen molar-refractivity contribution in [2.45, 2.75) is 25.7 Å². The Morgan fingerprint density at radius 2 is 1.75 bits per heavy atom. The van der Waals surface area contributed by atoms with Gasteiger partial charge in [-0.1, -0.05) is 0 Å². The highest BCUT2D eigenvalue weighted by Gasteiger charge is 2.25. The van der Waals surface area contributed by atoms with E-state index in [1.165, 1.54) is 11.1 Å². The molecule has 1 saturated heterocycles. The molecule has 5 heteroatoms. The van der Waals surface area contributed by atoms with Gasteiger partial charge in [0.15, 0.2) is 0 Å². The fraction of sp³-hybridized carbons (Fsp3) is 0.364. The van der Waals surface area contributed by atoms with Crippen LogP contribution in [0.5, 0.6) is 0 Å². The van der Waals surface area contributed by atoms with Crippen molar-refractivity contribution in [3.8, 4) is 0 Å². The van der Waals surface area contributed by atoms with Crippen molar-refractivity contribution >= 4 is 23.3 Å². The summed E-state index contributed by atoms with van der Waals surface area (Å²) in [6, 6.07) is 3.23. The minimum absolute atomic E-state index is 0.158. The number of pyridine rings is 1. The number of imide groups is 1. The van der Waals surface area contributed by atoms with Crippen LogP contribution in [-0.4, -0.2) is 16.8 Å². The smallest absolute Gasteiger partial charge is 0.233 e. The Morgan fingerprint density at radius 1 is 1.12 bits per heavy atom. The number of carbonyl (C=O) groups excluding carboxylic acids is 2. The van der Waals surface area contributed by atoms with Crippen LogP contribution in [0.1, 0.15) is 25.7 Å². The molecule has 1 aliphatic heterocycles. The van der Waals surface area contributed by atoms with Crippen LogP contribution in [0.25, 0.3) is 0 Å². The van der Waals surface area contributed by atoms with Crippen molar-refractivity contribution in [3.63, 3.8) is 0 Å². The average Bonchev–Trinajstić information content (AvgIpc) is 2.42. The molecule has 0 aliphatic carbocycles. The summed E-state index contributed by atoms with van der Waals surface area (Å²) in [7, 11) is 0.